The molecule has 0 saturated heterocycles. The minimum atomic E-state index is -4.06. The first-order chi connectivity index (χ1) is 13.3. The van der Waals surface area contributed by atoms with Crippen LogP contribution in [0.5, 0.6) is 0 Å². The topological polar surface area (TPSA) is 81.7 Å². The van der Waals surface area contributed by atoms with Crippen molar-refractivity contribution in [3.8, 4) is 0 Å². The van der Waals surface area contributed by atoms with Crippen LogP contribution in [0.2, 0.25) is 0 Å². The molecule has 0 aliphatic carbocycles. The summed E-state index contributed by atoms with van der Waals surface area (Å²) in [6, 6.07) is 15.4. The fourth-order valence-corrected chi connectivity index (χ4v) is 9.49. The van der Waals surface area contributed by atoms with E-state index < -0.39 is 36.3 Å². The second kappa shape index (κ2) is 10.0. The van der Waals surface area contributed by atoms with Gasteiger partial charge in [-0.3, -0.25) is 0 Å². The van der Waals surface area contributed by atoms with Crippen LogP contribution in [-0.2, 0) is 22.2 Å². The Morgan fingerprint density at radius 3 is 2.21 bits per heavy atom. The SMILES string of the molecule is CCOC(=O)/C(=C(/C)NC)I(OS(=O)(=O)c1ccc(C)cc1)c1ccccc1. The molecule has 0 unspecified atom stereocenters. The van der Waals surface area contributed by atoms with Crippen LogP contribution in [0.15, 0.2) is 68.8 Å². The molecule has 0 fully saturated rings. The van der Waals surface area contributed by atoms with Crippen LogP contribution in [0.4, 0.5) is 0 Å². The van der Waals surface area contributed by atoms with Crippen LogP contribution >= 0.6 is 20.2 Å². The van der Waals surface area contributed by atoms with E-state index in [0.29, 0.717) is 9.27 Å². The Morgan fingerprint density at radius 2 is 1.68 bits per heavy atom. The standard InChI is InChI=1S/C20H24INO5S/c1-5-26-20(23)19(16(3)22-4)21(17-9-7-6-8-10-17)27-28(24,25)18-13-11-15(2)12-14-18/h6-14,22H,5H2,1-4H3/b19-16+. The molecule has 2 rings (SSSR count). The van der Waals surface area contributed by atoms with Gasteiger partial charge in [0.25, 0.3) is 0 Å². The molecule has 28 heavy (non-hydrogen) atoms. The molecule has 0 saturated carbocycles. The number of allylic oxidation sites excluding steroid dienone is 1. The molecular formula is C20H24INO5S. The van der Waals surface area contributed by atoms with E-state index in [2.05, 4.69) is 5.32 Å². The van der Waals surface area contributed by atoms with Crippen LogP contribution in [0.1, 0.15) is 19.4 Å². The zero-order valence-corrected chi connectivity index (χ0v) is 19.2. The zero-order chi connectivity index (χ0) is 20.7. The minimum absolute atomic E-state index is 0.0571. The van der Waals surface area contributed by atoms with Gasteiger partial charge in [-0.15, -0.1) is 0 Å². The van der Waals surface area contributed by atoms with E-state index in [0.717, 1.165) is 5.56 Å². The second-order valence-electron chi connectivity index (χ2n) is 5.78. The number of benzene rings is 2. The van der Waals surface area contributed by atoms with E-state index in [1.807, 2.05) is 13.0 Å². The summed E-state index contributed by atoms with van der Waals surface area (Å²) in [6.07, 6.45) is 0. The first-order valence-corrected chi connectivity index (χ1v) is 13.1. The van der Waals surface area contributed by atoms with Gasteiger partial charge in [0.15, 0.2) is 0 Å². The number of nitrogens with one attached hydrogen (secondary N) is 1. The number of hydrogen-bond acceptors (Lipinski definition) is 6. The van der Waals surface area contributed by atoms with Crippen LogP contribution < -0.4 is 5.32 Å². The molecule has 0 amide bonds. The first kappa shape index (κ1) is 22.4. The van der Waals surface area contributed by atoms with Crippen LogP contribution in [0.3, 0.4) is 0 Å². The molecule has 1 N–H and O–H groups in total. The number of esters is 1. The summed E-state index contributed by atoms with van der Waals surface area (Å²) in [5.41, 5.74) is 1.47. The molecule has 2 aromatic carbocycles. The number of rotatable bonds is 8. The van der Waals surface area contributed by atoms with E-state index in [4.69, 9.17) is 7.25 Å². The maximum absolute atomic E-state index is 12.9. The summed E-state index contributed by atoms with van der Waals surface area (Å²) in [6.45, 7) is 5.47. The number of carbonyl (C=O) groups is 1. The molecule has 0 aromatic heterocycles. The molecule has 2 aromatic rings. The van der Waals surface area contributed by atoms with Gasteiger partial charge in [-0.05, 0) is 0 Å². The number of halogens is 1. The van der Waals surface area contributed by atoms with Gasteiger partial charge in [0.1, 0.15) is 0 Å². The molecule has 0 aliphatic rings. The van der Waals surface area contributed by atoms with Crippen LogP contribution in [0, 0.1) is 10.5 Å². The van der Waals surface area contributed by atoms with Crippen molar-refractivity contribution in [2.24, 2.45) is 0 Å². The van der Waals surface area contributed by atoms with Crippen molar-refractivity contribution >= 4 is 36.3 Å². The van der Waals surface area contributed by atoms with Crippen LogP contribution in [0.25, 0.3) is 0 Å². The molecular weight excluding hydrogens is 493 g/mol. The van der Waals surface area contributed by atoms with Crippen molar-refractivity contribution in [1.29, 1.82) is 0 Å². The molecule has 0 heterocycles. The molecule has 0 radical (unpaired) electrons. The quantitative estimate of drug-likeness (QED) is 0.324. The van der Waals surface area contributed by atoms with Crippen molar-refractivity contribution in [1.82, 2.24) is 5.32 Å². The molecule has 6 nitrogen and oxygen atoms in total. The van der Waals surface area contributed by atoms with E-state index in [1.165, 1.54) is 12.1 Å². The normalized spacial score (nSPS) is 12.8. The van der Waals surface area contributed by atoms with Crippen molar-refractivity contribution in [3.05, 3.63) is 73.0 Å². The number of hydrogen-bond donors (Lipinski definition) is 1. The monoisotopic (exact) mass is 517 g/mol. The number of ether oxygens (including phenoxy) is 1. The molecule has 8 heteroatoms. The summed E-state index contributed by atoms with van der Waals surface area (Å²) < 4.78 is 37.8. The van der Waals surface area contributed by atoms with Gasteiger partial charge in [0, 0.05) is 0 Å². The predicted molar refractivity (Wildman–Crippen MR) is 117 cm³/mol. The van der Waals surface area contributed by atoms with Gasteiger partial charge in [0.2, 0.25) is 0 Å². The Kier molecular flexibility index (Phi) is 8.02. The van der Waals surface area contributed by atoms with Gasteiger partial charge in [-0.1, -0.05) is 0 Å². The number of aryl methyl sites for hydroxylation is 1. The predicted octanol–water partition coefficient (Wildman–Crippen LogP) is 4.01. The van der Waals surface area contributed by atoms with Crippen molar-refractivity contribution in [3.63, 3.8) is 0 Å². The van der Waals surface area contributed by atoms with E-state index in [9.17, 15) is 13.2 Å². The average molecular weight is 517 g/mol. The molecule has 0 bridgehead atoms. The van der Waals surface area contributed by atoms with E-state index in [1.54, 1.807) is 57.3 Å². The fraction of sp³-hybridized carbons (Fsp3) is 0.250. The maximum atomic E-state index is 12.9. The zero-order valence-electron chi connectivity index (χ0n) is 16.2. The van der Waals surface area contributed by atoms with Gasteiger partial charge in [-0.2, -0.15) is 0 Å². The molecule has 0 spiro atoms. The summed E-state index contributed by atoms with van der Waals surface area (Å²) in [5.74, 6) is -0.567. The Morgan fingerprint density at radius 1 is 1.07 bits per heavy atom. The fourth-order valence-electron chi connectivity index (χ4n) is 2.19. The third-order valence-corrected chi connectivity index (χ3v) is 11.4. The van der Waals surface area contributed by atoms with Gasteiger partial charge >= 0.3 is 174 Å². The Balaban J connectivity index is 2.56. The Hall–Kier alpha value is -1.91. The van der Waals surface area contributed by atoms with Gasteiger partial charge < -0.3 is 0 Å². The third-order valence-electron chi connectivity index (χ3n) is 3.72. The second-order valence-corrected chi connectivity index (χ2v) is 12.1. The van der Waals surface area contributed by atoms with Gasteiger partial charge in [-0.25, -0.2) is 0 Å². The Labute approximate surface area is 174 Å². The molecule has 0 atom stereocenters. The van der Waals surface area contributed by atoms with Crippen LogP contribution in [-0.4, -0.2) is 28.0 Å². The first-order valence-electron chi connectivity index (χ1n) is 8.62. The summed E-state index contributed by atoms with van der Waals surface area (Å²) in [4.78, 5) is 12.7. The van der Waals surface area contributed by atoms with Crippen molar-refractivity contribution in [2.75, 3.05) is 13.7 Å². The Bertz CT molecular complexity index is 940. The van der Waals surface area contributed by atoms with E-state index >= 15 is 0 Å². The van der Waals surface area contributed by atoms with Gasteiger partial charge in [0.05, 0.1) is 0 Å². The molecule has 0 aliphatic heterocycles. The van der Waals surface area contributed by atoms with Crippen molar-refractivity contribution < 1.29 is 20.5 Å². The average Bonchev–Trinajstić information content (AvgIpc) is 2.68. The number of carbonyl (C=O) groups excluding carboxylic acids is 1. The third kappa shape index (κ3) is 5.55. The summed E-state index contributed by atoms with van der Waals surface area (Å²) >= 11 is -3.15. The summed E-state index contributed by atoms with van der Waals surface area (Å²) in [7, 11) is -2.39. The van der Waals surface area contributed by atoms with E-state index in [-0.39, 0.29) is 15.1 Å². The summed E-state index contributed by atoms with van der Waals surface area (Å²) in [5, 5.41) is 2.93. The van der Waals surface area contributed by atoms with Crippen molar-refractivity contribution in [2.45, 2.75) is 25.7 Å². The molecule has 152 valence electrons.